The number of nitro benzene ring substituents is 1. The molecule has 6 nitrogen and oxygen atoms in total. The smallest absolute Gasteiger partial charge is 0.274 e. The van der Waals surface area contributed by atoms with Crippen molar-refractivity contribution in [3.63, 3.8) is 0 Å². The molecule has 1 fully saturated rings. The Labute approximate surface area is 98.3 Å². The van der Waals surface area contributed by atoms with Crippen molar-refractivity contribution in [1.82, 2.24) is 5.32 Å². The highest BCUT2D eigenvalue weighted by molar-refractivity contribution is 7.58. The van der Waals surface area contributed by atoms with Crippen molar-refractivity contribution in [3.05, 3.63) is 39.9 Å². The van der Waals surface area contributed by atoms with E-state index in [-0.39, 0.29) is 11.8 Å². The fraction of sp³-hybridized carbons (Fsp3) is 0.400. The van der Waals surface area contributed by atoms with Gasteiger partial charge in [0.1, 0.15) is 5.78 Å². The number of hydrogen-bond acceptors (Lipinski definition) is 4. The van der Waals surface area contributed by atoms with E-state index in [4.69, 9.17) is 0 Å². The highest BCUT2D eigenvalue weighted by Gasteiger charge is 2.38. The van der Waals surface area contributed by atoms with Crippen molar-refractivity contribution in [2.75, 3.05) is 12.7 Å². The monoisotopic (exact) mass is 256 g/mol. The van der Waals surface area contributed by atoms with Crippen molar-refractivity contribution in [1.29, 1.82) is 0 Å². The Balaban J connectivity index is 2.46. The average Bonchev–Trinajstić information content (AvgIpc) is 2.28. The molecule has 0 amide bonds. The third kappa shape index (κ3) is 2.39. The Bertz CT molecular complexity index is 491. The zero-order valence-corrected chi connectivity index (χ0v) is 9.97. The first-order chi connectivity index (χ1) is 8.02. The molecule has 0 saturated carbocycles. The molecule has 0 bridgehead atoms. The van der Waals surface area contributed by atoms with Gasteiger partial charge in [0.2, 0.25) is 7.37 Å². The van der Waals surface area contributed by atoms with Crippen molar-refractivity contribution in [2.45, 2.75) is 12.2 Å². The van der Waals surface area contributed by atoms with Gasteiger partial charge in [0.25, 0.3) is 5.69 Å². The van der Waals surface area contributed by atoms with E-state index < -0.39 is 18.1 Å². The van der Waals surface area contributed by atoms with Crippen LogP contribution in [0.2, 0.25) is 0 Å². The average molecular weight is 256 g/mol. The van der Waals surface area contributed by atoms with Crippen LogP contribution in [0.4, 0.5) is 5.69 Å². The second-order valence-corrected chi connectivity index (χ2v) is 6.48. The maximum Gasteiger partial charge on any atom is 0.274 e. The molecule has 0 aromatic heterocycles. The normalized spacial score (nSPS) is 28.9. The maximum atomic E-state index is 12.0. The van der Waals surface area contributed by atoms with Crippen LogP contribution in [0.25, 0.3) is 0 Å². The molecule has 92 valence electrons. The molecule has 1 aliphatic rings. The minimum absolute atomic E-state index is 0.110. The lowest BCUT2D eigenvalue weighted by Crippen LogP contribution is -2.29. The van der Waals surface area contributed by atoms with E-state index in [1.54, 1.807) is 12.1 Å². The Morgan fingerprint density at radius 1 is 1.47 bits per heavy atom. The van der Waals surface area contributed by atoms with Crippen molar-refractivity contribution >= 4 is 13.1 Å². The van der Waals surface area contributed by atoms with E-state index in [2.05, 4.69) is 5.32 Å². The summed E-state index contributed by atoms with van der Waals surface area (Å²) >= 11 is 0. The van der Waals surface area contributed by atoms with E-state index >= 15 is 0 Å². The van der Waals surface area contributed by atoms with E-state index in [0.29, 0.717) is 18.5 Å². The van der Waals surface area contributed by atoms with Gasteiger partial charge in [-0.3, -0.25) is 14.7 Å². The molecule has 2 atom stereocenters. The molecule has 1 saturated heterocycles. The fourth-order valence-electron chi connectivity index (χ4n) is 2.03. The third-order valence-corrected chi connectivity index (χ3v) is 5.05. The molecule has 2 unspecified atom stereocenters. The molecule has 1 aromatic rings. The topological polar surface area (TPSA) is 92.5 Å². The number of nitrogens with zero attached hydrogens (tertiary/aromatic N) is 1. The zero-order valence-electron chi connectivity index (χ0n) is 9.07. The highest BCUT2D eigenvalue weighted by atomic mass is 31.2. The molecule has 2 rings (SSSR count). The Morgan fingerprint density at radius 3 is 2.82 bits per heavy atom. The zero-order chi connectivity index (χ0) is 12.5. The summed E-state index contributed by atoms with van der Waals surface area (Å²) in [5, 5.41) is 13.8. The van der Waals surface area contributed by atoms with Crippen LogP contribution in [0.1, 0.15) is 17.8 Å². The summed E-state index contributed by atoms with van der Waals surface area (Å²) in [5.41, 5.74) is 0.184. The van der Waals surface area contributed by atoms with E-state index in [0.717, 1.165) is 0 Å². The second kappa shape index (κ2) is 4.56. The molecule has 0 aliphatic carbocycles. The standard InChI is InChI=1S/C10H13N2O4P/c13-12(14)9-5-2-1-4-8(9)10-11-6-3-7-17(10,15)16/h1-2,4-5,10-11H,3,6-7H2,(H,15,16). The number of nitrogens with one attached hydrogen (secondary N) is 1. The number of nitro groups is 1. The van der Waals surface area contributed by atoms with Gasteiger partial charge in [-0.05, 0) is 19.0 Å². The summed E-state index contributed by atoms with van der Waals surface area (Å²) in [6.07, 6.45) is 0.821. The lowest BCUT2D eigenvalue weighted by Gasteiger charge is -2.28. The van der Waals surface area contributed by atoms with Gasteiger partial charge in [0, 0.05) is 12.2 Å². The minimum atomic E-state index is -3.40. The van der Waals surface area contributed by atoms with Crippen LogP contribution in [0.5, 0.6) is 0 Å². The Hall–Kier alpha value is -1.23. The lowest BCUT2D eigenvalue weighted by atomic mass is 10.1. The van der Waals surface area contributed by atoms with E-state index in [1.807, 2.05) is 0 Å². The van der Waals surface area contributed by atoms with Gasteiger partial charge in [0.15, 0.2) is 0 Å². The summed E-state index contributed by atoms with van der Waals surface area (Å²) < 4.78 is 12.0. The van der Waals surface area contributed by atoms with Gasteiger partial charge in [-0.2, -0.15) is 0 Å². The molecule has 1 heterocycles. The molecule has 17 heavy (non-hydrogen) atoms. The number of hydrogen-bond donors (Lipinski definition) is 2. The molecular weight excluding hydrogens is 243 g/mol. The Morgan fingerprint density at radius 2 is 2.18 bits per heavy atom. The molecule has 0 spiro atoms. The lowest BCUT2D eigenvalue weighted by molar-refractivity contribution is -0.385. The van der Waals surface area contributed by atoms with E-state index in [9.17, 15) is 19.6 Å². The highest BCUT2D eigenvalue weighted by Crippen LogP contribution is 2.57. The molecular formula is C10H13N2O4P. The van der Waals surface area contributed by atoms with Crippen molar-refractivity contribution < 1.29 is 14.4 Å². The van der Waals surface area contributed by atoms with Crippen LogP contribution in [-0.4, -0.2) is 22.5 Å². The molecule has 0 radical (unpaired) electrons. The Kier molecular flexibility index (Phi) is 3.28. The van der Waals surface area contributed by atoms with Gasteiger partial charge in [-0.15, -0.1) is 0 Å². The summed E-state index contributed by atoms with van der Waals surface area (Å²) in [7, 11) is -3.40. The number of para-hydroxylation sites is 1. The van der Waals surface area contributed by atoms with Crippen LogP contribution in [-0.2, 0) is 4.57 Å². The molecule has 7 heteroatoms. The van der Waals surface area contributed by atoms with E-state index in [1.165, 1.54) is 12.1 Å². The van der Waals surface area contributed by atoms with Crippen molar-refractivity contribution in [3.8, 4) is 0 Å². The molecule has 1 aromatic carbocycles. The van der Waals surface area contributed by atoms with Crippen LogP contribution in [0.3, 0.4) is 0 Å². The first-order valence-electron chi connectivity index (χ1n) is 5.30. The van der Waals surface area contributed by atoms with Crippen LogP contribution in [0.15, 0.2) is 24.3 Å². The molecule has 2 N–H and O–H groups in total. The first kappa shape index (κ1) is 12.2. The molecule has 1 aliphatic heterocycles. The summed E-state index contributed by atoms with van der Waals surface area (Å²) in [5.74, 6) is -0.821. The quantitative estimate of drug-likeness (QED) is 0.478. The van der Waals surface area contributed by atoms with Gasteiger partial charge >= 0.3 is 0 Å². The summed E-state index contributed by atoms with van der Waals surface area (Å²) in [4.78, 5) is 20.2. The van der Waals surface area contributed by atoms with Crippen LogP contribution >= 0.6 is 7.37 Å². The van der Waals surface area contributed by atoms with Gasteiger partial charge in [-0.25, -0.2) is 0 Å². The van der Waals surface area contributed by atoms with Gasteiger partial charge in [0.05, 0.1) is 10.5 Å². The predicted molar refractivity (Wildman–Crippen MR) is 63.1 cm³/mol. The summed E-state index contributed by atoms with van der Waals surface area (Å²) in [6.45, 7) is 0.598. The SMILES string of the molecule is O=[N+]([O-])c1ccccc1C1NCCCP1(=O)O. The predicted octanol–water partition coefficient (Wildman–Crippen LogP) is 1.86. The largest absolute Gasteiger partial charge is 0.343 e. The number of benzene rings is 1. The number of rotatable bonds is 2. The van der Waals surface area contributed by atoms with Crippen LogP contribution < -0.4 is 5.32 Å². The first-order valence-corrected chi connectivity index (χ1v) is 7.22. The van der Waals surface area contributed by atoms with Crippen molar-refractivity contribution in [2.24, 2.45) is 0 Å². The van der Waals surface area contributed by atoms with Crippen LogP contribution in [0, 0.1) is 10.1 Å². The maximum absolute atomic E-state index is 12.0. The fourth-order valence-corrected chi connectivity index (χ4v) is 3.97. The summed E-state index contributed by atoms with van der Waals surface area (Å²) in [6, 6.07) is 6.07. The van der Waals surface area contributed by atoms with Gasteiger partial charge < -0.3 is 10.2 Å². The van der Waals surface area contributed by atoms with Gasteiger partial charge in [-0.1, -0.05) is 12.1 Å². The second-order valence-electron chi connectivity index (χ2n) is 4.01. The third-order valence-electron chi connectivity index (χ3n) is 2.82. The minimum Gasteiger partial charge on any atom is -0.343 e.